The molecule has 2 aromatic rings. The molecular weight excluding hydrogens is 352 g/mol. The van der Waals surface area contributed by atoms with Crippen LogP contribution >= 0.6 is 0 Å². The maximum atomic E-state index is 12.5. The average molecular weight is 374 g/mol. The SMILES string of the molecule is COc1ccc(CCNS(=O)(=O)c2cccc(C(=O)NC3CC3)c2)cc1. The fourth-order valence-corrected chi connectivity index (χ4v) is 3.58. The summed E-state index contributed by atoms with van der Waals surface area (Å²) < 4.78 is 32.6. The lowest BCUT2D eigenvalue weighted by molar-refractivity contribution is 0.0951. The van der Waals surface area contributed by atoms with Gasteiger partial charge in [-0.2, -0.15) is 0 Å². The maximum Gasteiger partial charge on any atom is 0.251 e. The van der Waals surface area contributed by atoms with Gasteiger partial charge in [-0.3, -0.25) is 4.79 Å². The number of carbonyl (C=O) groups is 1. The molecule has 3 rings (SSSR count). The van der Waals surface area contributed by atoms with Crippen LogP contribution in [0.1, 0.15) is 28.8 Å². The number of rotatable bonds is 8. The van der Waals surface area contributed by atoms with Crippen molar-refractivity contribution in [2.75, 3.05) is 13.7 Å². The van der Waals surface area contributed by atoms with Crippen LogP contribution in [-0.4, -0.2) is 34.0 Å². The molecule has 0 heterocycles. The van der Waals surface area contributed by atoms with E-state index in [0.717, 1.165) is 24.2 Å². The van der Waals surface area contributed by atoms with E-state index in [-0.39, 0.29) is 23.4 Å². The van der Waals surface area contributed by atoms with Crippen LogP contribution in [0.15, 0.2) is 53.4 Å². The Morgan fingerprint density at radius 2 is 1.88 bits per heavy atom. The van der Waals surface area contributed by atoms with E-state index in [0.29, 0.717) is 12.0 Å². The number of methoxy groups -OCH3 is 1. The zero-order valence-electron chi connectivity index (χ0n) is 14.6. The van der Waals surface area contributed by atoms with Crippen molar-refractivity contribution < 1.29 is 17.9 Å². The van der Waals surface area contributed by atoms with Gasteiger partial charge in [-0.1, -0.05) is 18.2 Å². The summed E-state index contributed by atoms with van der Waals surface area (Å²) in [5, 5.41) is 2.86. The lowest BCUT2D eigenvalue weighted by Gasteiger charge is -2.09. The van der Waals surface area contributed by atoms with Gasteiger partial charge in [0.15, 0.2) is 0 Å². The van der Waals surface area contributed by atoms with E-state index in [1.165, 1.54) is 12.1 Å². The normalized spacial score (nSPS) is 14.0. The molecule has 0 radical (unpaired) electrons. The van der Waals surface area contributed by atoms with Crippen molar-refractivity contribution in [1.82, 2.24) is 10.0 Å². The molecule has 1 aliphatic rings. The highest BCUT2D eigenvalue weighted by Crippen LogP contribution is 2.20. The molecule has 7 heteroatoms. The Morgan fingerprint density at radius 1 is 1.15 bits per heavy atom. The first-order chi connectivity index (χ1) is 12.5. The maximum absolute atomic E-state index is 12.5. The number of benzene rings is 2. The first-order valence-electron chi connectivity index (χ1n) is 8.51. The number of ether oxygens (including phenoxy) is 1. The monoisotopic (exact) mass is 374 g/mol. The third-order valence-electron chi connectivity index (χ3n) is 4.18. The molecule has 0 aliphatic heterocycles. The Kier molecular flexibility index (Phi) is 5.58. The van der Waals surface area contributed by atoms with Gasteiger partial charge in [-0.25, -0.2) is 13.1 Å². The van der Waals surface area contributed by atoms with Crippen molar-refractivity contribution >= 4 is 15.9 Å². The van der Waals surface area contributed by atoms with E-state index < -0.39 is 10.0 Å². The second kappa shape index (κ2) is 7.88. The summed E-state index contributed by atoms with van der Waals surface area (Å²) in [6, 6.07) is 13.8. The second-order valence-corrected chi connectivity index (χ2v) is 8.04. The minimum atomic E-state index is -3.67. The Hall–Kier alpha value is -2.38. The van der Waals surface area contributed by atoms with E-state index in [9.17, 15) is 13.2 Å². The van der Waals surface area contributed by atoms with Crippen molar-refractivity contribution in [3.8, 4) is 5.75 Å². The van der Waals surface area contributed by atoms with E-state index in [2.05, 4.69) is 10.0 Å². The van der Waals surface area contributed by atoms with Crippen molar-refractivity contribution in [3.05, 3.63) is 59.7 Å². The summed E-state index contributed by atoms with van der Waals surface area (Å²) in [5.74, 6) is 0.526. The summed E-state index contributed by atoms with van der Waals surface area (Å²) >= 11 is 0. The molecule has 2 N–H and O–H groups in total. The number of hydrogen-bond donors (Lipinski definition) is 2. The van der Waals surface area contributed by atoms with Gasteiger partial charge in [0, 0.05) is 18.2 Å². The Bertz CT molecular complexity index is 875. The van der Waals surface area contributed by atoms with Crippen LogP contribution in [-0.2, 0) is 16.4 Å². The number of carbonyl (C=O) groups excluding carboxylic acids is 1. The standard InChI is InChI=1S/C19H22N2O4S/c1-25-17-9-5-14(6-10-17)11-12-20-26(23,24)18-4-2-3-15(13-18)19(22)21-16-7-8-16/h2-6,9-10,13,16,20H,7-8,11-12H2,1H3,(H,21,22). The van der Waals surface area contributed by atoms with E-state index in [4.69, 9.17) is 4.74 Å². The third kappa shape index (κ3) is 4.83. The summed E-state index contributed by atoms with van der Waals surface area (Å²) in [6.07, 6.45) is 2.53. The van der Waals surface area contributed by atoms with E-state index in [1.54, 1.807) is 19.2 Å². The predicted octanol–water partition coefficient (Wildman–Crippen LogP) is 2.11. The van der Waals surface area contributed by atoms with Gasteiger partial charge in [0.2, 0.25) is 10.0 Å². The molecule has 1 amide bonds. The van der Waals surface area contributed by atoms with Crippen molar-refractivity contribution in [3.63, 3.8) is 0 Å². The van der Waals surface area contributed by atoms with Crippen LogP contribution in [0.5, 0.6) is 5.75 Å². The number of sulfonamides is 1. The fraction of sp³-hybridized carbons (Fsp3) is 0.316. The Labute approximate surface area is 153 Å². The summed E-state index contributed by atoms with van der Waals surface area (Å²) in [7, 11) is -2.07. The topological polar surface area (TPSA) is 84.5 Å². The molecular formula is C19H22N2O4S. The van der Waals surface area contributed by atoms with Crippen molar-refractivity contribution in [2.45, 2.75) is 30.2 Å². The van der Waals surface area contributed by atoms with Crippen LogP contribution < -0.4 is 14.8 Å². The molecule has 26 heavy (non-hydrogen) atoms. The molecule has 1 saturated carbocycles. The predicted molar refractivity (Wildman–Crippen MR) is 98.8 cm³/mol. The minimum absolute atomic E-state index is 0.0932. The molecule has 0 saturated heterocycles. The lowest BCUT2D eigenvalue weighted by Crippen LogP contribution is -2.28. The van der Waals surface area contributed by atoms with Crippen molar-refractivity contribution in [2.24, 2.45) is 0 Å². The van der Waals surface area contributed by atoms with Gasteiger partial charge in [0.25, 0.3) is 5.91 Å². The largest absolute Gasteiger partial charge is 0.497 e. The Morgan fingerprint density at radius 3 is 2.54 bits per heavy atom. The smallest absolute Gasteiger partial charge is 0.251 e. The number of nitrogens with one attached hydrogen (secondary N) is 2. The molecule has 138 valence electrons. The van der Waals surface area contributed by atoms with Gasteiger partial charge >= 0.3 is 0 Å². The summed E-state index contributed by atoms with van der Waals surface area (Å²) in [5.41, 5.74) is 1.36. The minimum Gasteiger partial charge on any atom is -0.497 e. The van der Waals surface area contributed by atoms with Gasteiger partial charge in [-0.05, 0) is 55.2 Å². The summed E-state index contributed by atoms with van der Waals surface area (Å²) in [4.78, 5) is 12.2. The number of amides is 1. The van der Waals surface area contributed by atoms with Crippen LogP contribution in [0.4, 0.5) is 0 Å². The van der Waals surface area contributed by atoms with Crippen molar-refractivity contribution in [1.29, 1.82) is 0 Å². The van der Waals surface area contributed by atoms with E-state index in [1.807, 2.05) is 24.3 Å². The molecule has 6 nitrogen and oxygen atoms in total. The van der Waals surface area contributed by atoms with Gasteiger partial charge in [-0.15, -0.1) is 0 Å². The molecule has 0 aromatic heterocycles. The first kappa shape index (κ1) is 18.4. The molecule has 1 aliphatic carbocycles. The van der Waals surface area contributed by atoms with Gasteiger partial charge in [0.1, 0.15) is 5.75 Å². The van der Waals surface area contributed by atoms with Gasteiger partial charge < -0.3 is 10.1 Å². The third-order valence-corrected chi connectivity index (χ3v) is 5.64. The zero-order chi connectivity index (χ0) is 18.6. The summed E-state index contributed by atoms with van der Waals surface area (Å²) in [6.45, 7) is 0.271. The molecule has 0 spiro atoms. The first-order valence-corrected chi connectivity index (χ1v) is 10.00. The van der Waals surface area contributed by atoms with Crippen LogP contribution in [0.3, 0.4) is 0 Å². The molecule has 0 atom stereocenters. The van der Waals surface area contributed by atoms with Gasteiger partial charge in [0.05, 0.1) is 12.0 Å². The molecule has 0 bridgehead atoms. The van der Waals surface area contributed by atoms with Crippen LogP contribution in [0.2, 0.25) is 0 Å². The fourth-order valence-electron chi connectivity index (χ4n) is 2.51. The highest BCUT2D eigenvalue weighted by Gasteiger charge is 2.24. The van der Waals surface area contributed by atoms with Crippen LogP contribution in [0.25, 0.3) is 0 Å². The van der Waals surface area contributed by atoms with E-state index >= 15 is 0 Å². The highest BCUT2D eigenvalue weighted by atomic mass is 32.2. The number of hydrogen-bond acceptors (Lipinski definition) is 4. The second-order valence-electron chi connectivity index (χ2n) is 6.27. The Balaban J connectivity index is 1.60. The quantitative estimate of drug-likeness (QED) is 0.741. The lowest BCUT2D eigenvalue weighted by atomic mass is 10.1. The zero-order valence-corrected chi connectivity index (χ0v) is 15.4. The molecule has 0 unspecified atom stereocenters. The molecule has 1 fully saturated rings. The average Bonchev–Trinajstić information content (AvgIpc) is 3.46. The highest BCUT2D eigenvalue weighted by molar-refractivity contribution is 7.89. The van der Waals surface area contributed by atoms with Crippen LogP contribution in [0, 0.1) is 0 Å². The molecule has 2 aromatic carbocycles.